The molecule has 0 fully saturated rings. The second-order valence-electron chi connectivity index (χ2n) is 3.42. The first-order chi connectivity index (χ1) is 8.09. The van der Waals surface area contributed by atoms with Crippen molar-refractivity contribution in [3.8, 4) is 0 Å². The van der Waals surface area contributed by atoms with Crippen molar-refractivity contribution in [2.75, 3.05) is 10.6 Å². The Hall–Kier alpha value is -2.08. The predicted molar refractivity (Wildman–Crippen MR) is 64.0 cm³/mol. The highest BCUT2D eigenvalue weighted by molar-refractivity contribution is 7.92. The van der Waals surface area contributed by atoms with Gasteiger partial charge in [-0.3, -0.25) is 0 Å². The number of hydrogen-bond donors (Lipinski definition) is 2. The summed E-state index contributed by atoms with van der Waals surface area (Å²) >= 11 is 0. The number of benzene rings is 1. The molecule has 2 rings (SSSR count). The molecule has 0 aliphatic rings. The van der Waals surface area contributed by atoms with Crippen LogP contribution in [0.2, 0.25) is 0 Å². The molecule has 1 aromatic heterocycles. The highest BCUT2D eigenvalue weighted by Gasteiger charge is 2.20. The van der Waals surface area contributed by atoms with Gasteiger partial charge >= 0.3 is 10.0 Å². The molecule has 17 heavy (non-hydrogen) atoms. The van der Waals surface area contributed by atoms with E-state index in [9.17, 15) is 8.42 Å². The van der Waals surface area contributed by atoms with E-state index in [0.29, 0.717) is 0 Å². The summed E-state index contributed by atoms with van der Waals surface area (Å²) in [4.78, 5) is 2.45. The van der Waals surface area contributed by atoms with E-state index in [4.69, 9.17) is 5.73 Å². The zero-order valence-corrected chi connectivity index (χ0v) is 9.76. The van der Waals surface area contributed by atoms with Gasteiger partial charge < -0.3 is 5.73 Å². The van der Waals surface area contributed by atoms with Gasteiger partial charge in [-0.1, -0.05) is 27.7 Å². The van der Waals surface area contributed by atoms with Gasteiger partial charge in [0.25, 0.3) is 0 Å². The molecule has 0 radical (unpaired) electrons. The Labute approximate surface area is 99.5 Å². The third-order valence-corrected chi connectivity index (χ3v) is 3.55. The summed E-state index contributed by atoms with van der Waals surface area (Å²) in [6.07, 6.45) is 3.19. The number of para-hydroxylation sites is 1. The van der Waals surface area contributed by atoms with Gasteiger partial charge in [0.1, 0.15) is 4.90 Å². The standard InChI is InChI=1S/C11H12N3O2S/c12-10-6-2-3-7-11(10)17(15,16)13-14-8-4-1-5-9-14/h1-9,13H,12H2/q+1. The van der Waals surface area contributed by atoms with Gasteiger partial charge in [-0.25, -0.2) is 0 Å². The van der Waals surface area contributed by atoms with Crippen LogP contribution in [0.15, 0.2) is 59.8 Å². The fourth-order valence-electron chi connectivity index (χ4n) is 1.37. The minimum atomic E-state index is -3.66. The molecule has 0 amide bonds. The van der Waals surface area contributed by atoms with Crippen molar-refractivity contribution in [3.63, 3.8) is 0 Å². The first-order valence-electron chi connectivity index (χ1n) is 4.93. The van der Waals surface area contributed by atoms with E-state index < -0.39 is 10.0 Å². The lowest BCUT2D eigenvalue weighted by atomic mass is 10.3. The summed E-state index contributed by atoms with van der Waals surface area (Å²) in [6, 6.07) is 11.5. The van der Waals surface area contributed by atoms with Crippen molar-refractivity contribution >= 4 is 15.7 Å². The van der Waals surface area contributed by atoms with Crippen molar-refractivity contribution in [1.82, 2.24) is 0 Å². The Balaban J connectivity index is 2.36. The summed E-state index contributed by atoms with van der Waals surface area (Å²) in [5.74, 6) is 0. The van der Waals surface area contributed by atoms with Gasteiger partial charge in [-0.2, -0.15) is 8.42 Å². The van der Waals surface area contributed by atoms with Crippen LogP contribution in [-0.2, 0) is 10.0 Å². The highest BCUT2D eigenvalue weighted by Crippen LogP contribution is 2.16. The number of anilines is 1. The van der Waals surface area contributed by atoms with Crippen molar-refractivity contribution in [1.29, 1.82) is 0 Å². The number of nitrogens with one attached hydrogen (secondary N) is 1. The average molecular weight is 250 g/mol. The van der Waals surface area contributed by atoms with Crippen molar-refractivity contribution in [2.24, 2.45) is 0 Å². The SMILES string of the molecule is Nc1ccccc1S(=O)(=O)N[n+]1ccccc1. The molecule has 88 valence electrons. The topological polar surface area (TPSA) is 76.1 Å². The predicted octanol–water partition coefficient (Wildman–Crippen LogP) is 0.489. The van der Waals surface area contributed by atoms with Crippen LogP contribution in [0.4, 0.5) is 5.69 Å². The molecule has 3 N–H and O–H groups in total. The first-order valence-corrected chi connectivity index (χ1v) is 6.41. The summed E-state index contributed by atoms with van der Waals surface area (Å²) in [7, 11) is -3.66. The van der Waals surface area contributed by atoms with Crippen molar-refractivity contribution < 1.29 is 13.1 Å². The zero-order valence-electron chi connectivity index (χ0n) is 8.95. The molecular formula is C11H12N3O2S+. The molecule has 0 spiro atoms. The first kappa shape index (κ1) is 11.4. The Morgan fingerprint density at radius 1 is 1.00 bits per heavy atom. The van der Waals surface area contributed by atoms with Crippen LogP contribution in [0.3, 0.4) is 0 Å². The van der Waals surface area contributed by atoms with E-state index in [2.05, 4.69) is 4.83 Å². The number of rotatable bonds is 3. The molecule has 0 saturated carbocycles. The lowest BCUT2D eigenvalue weighted by Crippen LogP contribution is -2.47. The van der Waals surface area contributed by atoms with Gasteiger partial charge in [0, 0.05) is 12.1 Å². The zero-order chi connectivity index (χ0) is 12.3. The number of nitrogen functional groups attached to an aromatic ring is 1. The van der Waals surface area contributed by atoms with Crippen LogP contribution in [0.25, 0.3) is 0 Å². The monoisotopic (exact) mass is 250 g/mol. The molecule has 0 aliphatic carbocycles. The Morgan fingerprint density at radius 2 is 1.65 bits per heavy atom. The number of nitrogens with zero attached hydrogens (tertiary/aromatic N) is 1. The van der Waals surface area contributed by atoms with Crippen LogP contribution in [0.1, 0.15) is 0 Å². The minimum absolute atomic E-state index is 0.0661. The average Bonchev–Trinajstić information content (AvgIpc) is 2.30. The summed E-state index contributed by atoms with van der Waals surface area (Å²) in [5, 5.41) is 0. The number of pyridine rings is 1. The number of hydrogen-bond acceptors (Lipinski definition) is 3. The Kier molecular flexibility index (Phi) is 2.97. The minimum Gasteiger partial charge on any atom is -0.398 e. The van der Waals surface area contributed by atoms with Crippen LogP contribution >= 0.6 is 0 Å². The van der Waals surface area contributed by atoms with Crippen molar-refractivity contribution in [2.45, 2.75) is 4.90 Å². The Bertz CT molecular complexity index is 612. The van der Waals surface area contributed by atoms with E-state index in [1.165, 1.54) is 10.7 Å². The van der Waals surface area contributed by atoms with Crippen LogP contribution in [0.5, 0.6) is 0 Å². The maximum Gasteiger partial charge on any atom is 0.308 e. The molecule has 0 unspecified atom stereocenters. The highest BCUT2D eigenvalue weighted by atomic mass is 32.2. The molecule has 0 bridgehead atoms. The Morgan fingerprint density at radius 3 is 2.29 bits per heavy atom. The van der Waals surface area contributed by atoms with Gasteiger partial charge in [0.15, 0.2) is 0 Å². The smallest absolute Gasteiger partial charge is 0.308 e. The van der Waals surface area contributed by atoms with Gasteiger partial charge in [0.05, 0.1) is 5.69 Å². The fraction of sp³-hybridized carbons (Fsp3) is 0. The molecule has 0 aliphatic heterocycles. The molecule has 1 aromatic carbocycles. The lowest BCUT2D eigenvalue weighted by Gasteiger charge is -2.05. The maximum absolute atomic E-state index is 12.0. The molecule has 0 atom stereocenters. The molecule has 6 heteroatoms. The molecule has 1 heterocycles. The summed E-state index contributed by atoms with van der Waals surface area (Å²) < 4.78 is 25.4. The quantitative estimate of drug-likeness (QED) is 0.615. The maximum atomic E-state index is 12.0. The molecular weight excluding hydrogens is 238 g/mol. The normalized spacial score (nSPS) is 11.1. The van der Waals surface area contributed by atoms with Crippen LogP contribution in [0, 0.1) is 0 Å². The fourth-order valence-corrected chi connectivity index (χ4v) is 2.51. The van der Waals surface area contributed by atoms with E-state index in [-0.39, 0.29) is 10.6 Å². The third kappa shape index (κ3) is 2.54. The lowest BCUT2D eigenvalue weighted by molar-refractivity contribution is -0.636. The number of nitrogens with two attached hydrogens (primary N) is 1. The second-order valence-corrected chi connectivity index (χ2v) is 5.04. The van der Waals surface area contributed by atoms with Gasteiger partial charge in [-0.15, -0.1) is 0 Å². The number of sulfonamides is 1. The van der Waals surface area contributed by atoms with E-state index in [1.54, 1.807) is 48.8 Å². The molecule has 2 aromatic rings. The van der Waals surface area contributed by atoms with Gasteiger partial charge in [-0.05, 0) is 12.1 Å². The van der Waals surface area contributed by atoms with E-state index in [1.807, 2.05) is 0 Å². The van der Waals surface area contributed by atoms with E-state index >= 15 is 0 Å². The molecule has 5 nitrogen and oxygen atoms in total. The van der Waals surface area contributed by atoms with E-state index in [0.717, 1.165) is 0 Å². The van der Waals surface area contributed by atoms with Crippen LogP contribution in [-0.4, -0.2) is 8.42 Å². The third-order valence-electron chi connectivity index (χ3n) is 2.15. The van der Waals surface area contributed by atoms with Gasteiger partial charge in [0.2, 0.25) is 12.4 Å². The number of aromatic nitrogens is 1. The van der Waals surface area contributed by atoms with Crippen LogP contribution < -0.4 is 15.2 Å². The van der Waals surface area contributed by atoms with Crippen molar-refractivity contribution in [3.05, 3.63) is 54.9 Å². The summed E-state index contributed by atoms with van der Waals surface area (Å²) in [6.45, 7) is 0. The largest absolute Gasteiger partial charge is 0.398 e. The summed E-state index contributed by atoms with van der Waals surface area (Å²) in [5.41, 5.74) is 5.85. The molecule has 0 saturated heterocycles. The second kappa shape index (κ2) is 4.42.